The molecule has 19 heavy (non-hydrogen) atoms. The molecule has 1 aromatic rings. The SMILES string of the molecule is CC(C)Oc1nc(N2CCS(=O)(=O)CC2)ccc1N. The largest absolute Gasteiger partial charge is 0.473 e. The zero-order chi connectivity index (χ0) is 14.0. The van der Waals surface area contributed by atoms with Crippen LogP contribution in [0.2, 0.25) is 0 Å². The third-order valence-corrected chi connectivity index (χ3v) is 4.50. The van der Waals surface area contributed by atoms with E-state index in [-0.39, 0.29) is 17.6 Å². The highest BCUT2D eigenvalue weighted by molar-refractivity contribution is 7.91. The van der Waals surface area contributed by atoms with Crippen molar-refractivity contribution in [2.45, 2.75) is 20.0 Å². The number of rotatable bonds is 3. The van der Waals surface area contributed by atoms with Gasteiger partial charge in [-0.1, -0.05) is 0 Å². The maximum atomic E-state index is 11.4. The summed E-state index contributed by atoms with van der Waals surface area (Å²) in [7, 11) is -2.89. The van der Waals surface area contributed by atoms with Crippen LogP contribution in [0.3, 0.4) is 0 Å². The van der Waals surface area contributed by atoms with E-state index in [9.17, 15) is 8.42 Å². The lowest BCUT2D eigenvalue weighted by atomic mass is 10.3. The Morgan fingerprint density at radius 1 is 1.32 bits per heavy atom. The number of hydrogen-bond donors (Lipinski definition) is 1. The van der Waals surface area contributed by atoms with E-state index in [0.717, 1.165) is 0 Å². The summed E-state index contributed by atoms with van der Waals surface area (Å²) < 4.78 is 28.3. The van der Waals surface area contributed by atoms with Crippen LogP contribution in [-0.4, -0.2) is 44.1 Å². The molecule has 1 aromatic heterocycles. The van der Waals surface area contributed by atoms with E-state index in [2.05, 4.69) is 4.98 Å². The van der Waals surface area contributed by atoms with Gasteiger partial charge in [0.05, 0.1) is 23.3 Å². The molecule has 2 rings (SSSR count). The van der Waals surface area contributed by atoms with Crippen LogP contribution in [0, 0.1) is 0 Å². The highest BCUT2D eigenvalue weighted by Gasteiger charge is 2.23. The van der Waals surface area contributed by atoms with E-state index >= 15 is 0 Å². The molecule has 0 atom stereocenters. The second-order valence-corrected chi connectivity index (χ2v) is 7.17. The van der Waals surface area contributed by atoms with Crippen molar-refractivity contribution in [1.82, 2.24) is 4.98 Å². The first-order chi connectivity index (χ1) is 8.87. The minimum Gasteiger partial charge on any atom is -0.473 e. The summed E-state index contributed by atoms with van der Waals surface area (Å²) in [6, 6.07) is 3.53. The van der Waals surface area contributed by atoms with Crippen molar-refractivity contribution in [3.63, 3.8) is 0 Å². The fraction of sp³-hybridized carbons (Fsp3) is 0.583. The average molecular weight is 285 g/mol. The molecular weight excluding hydrogens is 266 g/mol. The van der Waals surface area contributed by atoms with Crippen LogP contribution >= 0.6 is 0 Å². The van der Waals surface area contributed by atoms with Crippen molar-refractivity contribution in [2.75, 3.05) is 35.2 Å². The number of hydrogen-bond acceptors (Lipinski definition) is 6. The summed E-state index contributed by atoms with van der Waals surface area (Å²) in [5.74, 6) is 1.44. The van der Waals surface area contributed by atoms with Gasteiger partial charge in [0.1, 0.15) is 5.82 Å². The number of sulfone groups is 1. The second kappa shape index (κ2) is 5.24. The van der Waals surface area contributed by atoms with Crippen LogP contribution in [0.4, 0.5) is 11.5 Å². The highest BCUT2D eigenvalue weighted by Crippen LogP contribution is 2.24. The van der Waals surface area contributed by atoms with Crippen molar-refractivity contribution in [1.29, 1.82) is 0 Å². The van der Waals surface area contributed by atoms with E-state index in [1.54, 1.807) is 12.1 Å². The fourth-order valence-corrected chi connectivity index (χ4v) is 3.08. The molecule has 0 spiro atoms. The lowest BCUT2D eigenvalue weighted by Crippen LogP contribution is -2.40. The van der Waals surface area contributed by atoms with Crippen LogP contribution < -0.4 is 15.4 Å². The van der Waals surface area contributed by atoms with Crippen molar-refractivity contribution >= 4 is 21.3 Å². The molecule has 1 fully saturated rings. The van der Waals surface area contributed by atoms with E-state index in [1.807, 2.05) is 18.7 Å². The molecule has 0 unspecified atom stereocenters. The summed E-state index contributed by atoms with van der Waals surface area (Å²) in [4.78, 5) is 6.31. The minimum atomic E-state index is -2.89. The van der Waals surface area contributed by atoms with Gasteiger partial charge < -0.3 is 15.4 Å². The topological polar surface area (TPSA) is 85.5 Å². The smallest absolute Gasteiger partial charge is 0.239 e. The van der Waals surface area contributed by atoms with Crippen LogP contribution in [-0.2, 0) is 9.84 Å². The number of aromatic nitrogens is 1. The first-order valence-corrected chi connectivity index (χ1v) is 8.08. The molecule has 2 N–H and O–H groups in total. The van der Waals surface area contributed by atoms with Crippen molar-refractivity contribution in [3.05, 3.63) is 12.1 Å². The predicted molar refractivity (Wildman–Crippen MR) is 75.3 cm³/mol. The summed E-state index contributed by atoms with van der Waals surface area (Å²) in [6.45, 7) is 4.73. The molecule has 7 heteroatoms. The number of ether oxygens (including phenoxy) is 1. The van der Waals surface area contributed by atoms with E-state index in [1.165, 1.54) is 0 Å². The standard InChI is InChI=1S/C12H19N3O3S/c1-9(2)18-12-10(13)3-4-11(14-12)15-5-7-19(16,17)8-6-15/h3-4,9H,5-8,13H2,1-2H3. The van der Waals surface area contributed by atoms with Gasteiger partial charge in [0.25, 0.3) is 0 Å². The van der Waals surface area contributed by atoms with Crippen molar-refractivity contribution < 1.29 is 13.2 Å². The molecule has 0 saturated carbocycles. The molecular formula is C12H19N3O3S. The zero-order valence-electron chi connectivity index (χ0n) is 11.2. The summed E-state index contributed by atoms with van der Waals surface area (Å²) in [5.41, 5.74) is 6.30. The Balaban J connectivity index is 2.17. The number of nitrogens with two attached hydrogens (primary N) is 1. The molecule has 0 aliphatic carbocycles. The van der Waals surface area contributed by atoms with Crippen molar-refractivity contribution in [3.8, 4) is 5.88 Å². The third kappa shape index (κ3) is 3.50. The molecule has 106 valence electrons. The molecule has 6 nitrogen and oxygen atoms in total. The Hall–Kier alpha value is -1.50. The molecule has 0 bridgehead atoms. The number of pyridine rings is 1. The highest BCUT2D eigenvalue weighted by atomic mass is 32.2. The normalized spacial score (nSPS) is 18.6. The summed E-state index contributed by atoms with van der Waals surface area (Å²) in [5, 5.41) is 0. The molecule has 0 aromatic carbocycles. The second-order valence-electron chi connectivity index (χ2n) is 4.87. The quantitative estimate of drug-likeness (QED) is 0.879. The molecule has 0 radical (unpaired) electrons. The lowest BCUT2D eigenvalue weighted by molar-refractivity contribution is 0.234. The van der Waals surface area contributed by atoms with Gasteiger partial charge in [-0.25, -0.2) is 8.42 Å². The molecule has 1 aliphatic rings. The lowest BCUT2D eigenvalue weighted by Gasteiger charge is -2.28. The molecule has 0 amide bonds. The summed E-state index contributed by atoms with van der Waals surface area (Å²) >= 11 is 0. The zero-order valence-corrected chi connectivity index (χ0v) is 12.0. The fourth-order valence-electron chi connectivity index (χ4n) is 1.88. The van der Waals surface area contributed by atoms with Gasteiger partial charge in [-0.15, -0.1) is 0 Å². The average Bonchev–Trinajstić information content (AvgIpc) is 2.32. The summed E-state index contributed by atoms with van der Waals surface area (Å²) in [6.07, 6.45) is -0.00761. The minimum absolute atomic E-state index is 0.00761. The van der Waals surface area contributed by atoms with Gasteiger partial charge >= 0.3 is 0 Å². The maximum absolute atomic E-state index is 11.4. The predicted octanol–water partition coefficient (Wildman–Crippen LogP) is 0.686. The third-order valence-electron chi connectivity index (χ3n) is 2.89. The van der Waals surface area contributed by atoms with E-state index in [4.69, 9.17) is 10.5 Å². The Morgan fingerprint density at radius 3 is 2.53 bits per heavy atom. The van der Waals surface area contributed by atoms with Crippen molar-refractivity contribution in [2.24, 2.45) is 0 Å². The Bertz CT molecular complexity index is 543. The molecule has 1 saturated heterocycles. The van der Waals surface area contributed by atoms with Gasteiger partial charge in [-0.3, -0.25) is 0 Å². The van der Waals surface area contributed by atoms with Crippen LogP contribution in [0.25, 0.3) is 0 Å². The van der Waals surface area contributed by atoms with Crippen LogP contribution in [0.1, 0.15) is 13.8 Å². The Kier molecular flexibility index (Phi) is 3.84. The molecule has 2 heterocycles. The van der Waals surface area contributed by atoms with E-state index < -0.39 is 9.84 Å². The first kappa shape index (κ1) is 13.9. The van der Waals surface area contributed by atoms with Crippen LogP contribution in [0.5, 0.6) is 5.88 Å². The molecule has 1 aliphatic heterocycles. The Morgan fingerprint density at radius 2 is 1.95 bits per heavy atom. The van der Waals surface area contributed by atoms with Gasteiger partial charge in [0.15, 0.2) is 9.84 Å². The Labute approximate surface area is 113 Å². The first-order valence-electron chi connectivity index (χ1n) is 6.26. The monoisotopic (exact) mass is 285 g/mol. The van der Waals surface area contributed by atoms with Gasteiger partial charge in [0, 0.05) is 13.1 Å². The van der Waals surface area contributed by atoms with Gasteiger partial charge in [-0.05, 0) is 26.0 Å². The van der Waals surface area contributed by atoms with Gasteiger partial charge in [-0.2, -0.15) is 4.98 Å². The van der Waals surface area contributed by atoms with Crippen LogP contribution in [0.15, 0.2) is 12.1 Å². The number of nitrogens with zero attached hydrogens (tertiary/aromatic N) is 2. The number of anilines is 2. The van der Waals surface area contributed by atoms with E-state index in [0.29, 0.717) is 30.5 Å². The number of nitrogen functional groups attached to an aromatic ring is 1. The van der Waals surface area contributed by atoms with Gasteiger partial charge in [0.2, 0.25) is 5.88 Å². The maximum Gasteiger partial charge on any atom is 0.239 e.